The molecule has 0 saturated carbocycles. The lowest BCUT2D eigenvalue weighted by molar-refractivity contribution is 0.0528. The lowest BCUT2D eigenvalue weighted by atomic mass is 9.87. The maximum atomic E-state index is 12.5. The Morgan fingerprint density at radius 1 is 1.00 bits per heavy atom. The number of fused-ring (bicyclic) bond motifs is 1. The van der Waals surface area contributed by atoms with Crippen LogP contribution in [0.15, 0.2) is 48.5 Å². The van der Waals surface area contributed by atoms with E-state index in [0.717, 1.165) is 38.3 Å². The van der Waals surface area contributed by atoms with Crippen LogP contribution in [0.1, 0.15) is 37.5 Å². The molecule has 0 bridgehead atoms. The monoisotopic (exact) mass is 363 g/mol. The lowest BCUT2D eigenvalue weighted by Gasteiger charge is -2.46. The van der Waals surface area contributed by atoms with Crippen LogP contribution in [-0.4, -0.2) is 41.5 Å². The molecule has 142 valence electrons. The number of carbonyl (C=O) groups is 1. The van der Waals surface area contributed by atoms with Gasteiger partial charge in [-0.25, -0.2) is 4.79 Å². The molecule has 4 rings (SSSR count). The minimum atomic E-state index is 0.00664. The number of nitrogens with zero attached hydrogens (tertiary/aromatic N) is 2. The molecule has 2 heterocycles. The second kappa shape index (κ2) is 7.01. The fourth-order valence-electron chi connectivity index (χ4n) is 3.94. The molecule has 4 heteroatoms. The van der Waals surface area contributed by atoms with E-state index in [1.165, 1.54) is 16.7 Å². The lowest BCUT2D eigenvalue weighted by Crippen LogP contribution is -2.62. The molecule has 2 aliphatic heterocycles. The van der Waals surface area contributed by atoms with Crippen molar-refractivity contribution in [3.63, 3.8) is 0 Å². The van der Waals surface area contributed by atoms with E-state index in [1.54, 1.807) is 0 Å². The van der Waals surface area contributed by atoms with Crippen molar-refractivity contribution < 1.29 is 4.79 Å². The Labute approximate surface area is 162 Å². The van der Waals surface area contributed by atoms with Gasteiger partial charge in [0.25, 0.3) is 0 Å². The van der Waals surface area contributed by atoms with E-state index < -0.39 is 0 Å². The summed E-state index contributed by atoms with van der Waals surface area (Å²) in [5.74, 6) is 0. The number of hydrogen-bond acceptors (Lipinski definition) is 2. The number of carbonyl (C=O) groups excluding carboxylic acids is 1. The molecule has 2 aromatic rings. The highest BCUT2D eigenvalue weighted by Gasteiger charge is 2.36. The van der Waals surface area contributed by atoms with Crippen LogP contribution in [0.5, 0.6) is 0 Å². The molecule has 2 aromatic carbocycles. The van der Waals surface area contributed by atoms with Gasteiger partial charge in [-0.2, -0.15) is 0 Å². The summed E-state index contributed by atoms with van der Waals surface area (Å²) in [7, 11) is 0. The summed E-state index contributed by atoms with van der Waals surface area (Å²) in [4.78, 5) is 16.9. The normalized spacial score (nSPS) is 18.0. The van der Waals surface area contributed by atoms with Crippen LogP contribution < -0.4 is 5.32 Å². The molecule has 0 aromatic heterocycles. The molecule has 0 radical (unpaired) electrons. The third kappa shape index (κ3) is 3.86. The number of anilines is 1. The number of hydrogen-bond donors (Lipinski definition) is 1. The summed E-state index contributed by atoms with van der Waals surface area (Å²) in [6.07, 6.45) is 1.11. The van der Waals surface area contributed by atoms with Gasteiger partial charge in [-0.3, -0.25) is 4.90 Å². The van der Waals surface area contributed by atoms with Gasteiger partial charge in [-0.1, -0.05) is 57.2 Å². The first-order valence-electron chi connectivity index (χ1n) is 9.87. The highest BCUT2D eigenvalue weighted by atomic mass is 16.2. The second-order valence-corrected chi connectivity index (χ2v) is 8.81. The molecular weight excluding hydrogens is 334 g/mol. The van der Waals surface area contributed by atoms with Crippen molar-refractivity contribution in [3.05, 3.63) is 65.2 Å². The SMILES string of the molecule is CC(C)(C)c1ccc(NC(=O)N2CC(N3CCc4ccccc4C3)C2)cc1. The molecule has 1 saturated heterocycles. The van der Waals surface area contributed by atoms with Gasteiger partial charge in [0, 0.05) is 37.9 Å². The number of rotatable bonds is 2. The molecule has 0 spiro atoms. The zero-order valence-electron chi connectivity index (χ0n) is 16.5. The highest BCUT2D eigenvalue weighted by molar-refractivity contribution is 5.90. The first-order valence-corrected chi connectivity index (χ1v) is 9.87. The van der Waals surface area contributed by atoms with Gasteiger partial charge in [-0.15, -0.1) is 0 Å². The third-order valence-electron chi connectivity index (χ3n) is 5.83. The number of urea groups is 1. The molecule has 1 fully saturated rings. The Hall–Kier alpha value is -2.33. The van der Waals surface area contributed by atoms with E-state index >= 15 is 0 Å². The van der Waals surface area contributed by atoms with Crippen LogP contribution >= 0.6 is 0 Å². The van der Waals surface area contributed by atoms with Crippen molar-refractivity contribution in [1.29, 1.82) is 0 Å². The average molecular weight is 364 g/mol. The maximum Gasteiger partial charge on any atom is 0.321 e. The molecule has 4 nitrogen and oxygen atoms in total. The second-order valence-electron chi connectivity index (χ2n) is 8.81. The summed E-state index contributed by atoms with van der Waals surface area (Å²) >= 11 is 0. The Bertz CT molecular complexity index is 816. The summed E-state index contributed by atoms with van der Waals surface area (Å²) in [6.45, 7) is 10.3. The Morgan fingerprint density at radius 2 is 1.67 bits per heavy atom. The minimum absolute atomic E-state index is 0.00664. The zero-order valence-corrected chi connectivity index (χ0v) is 16.5. The first kappa shape index (κ1) is 18.1. The van der Waals surface area contributed by atoms with E-state index in [-0.39, 0.29) is 11.4 Å². The van der Waals surface area contributed by atoms with Crippen LogP contribution in [0.25, 0.3) is 0 Å². The van der Waals surface area contributed by atoms with Crippen LogP contribution in [0, 0.1) is 0 Å². The minimum Gasteiger partial charge on any atom is -0.321 e. The maximum absolute atomic E-state index is 12.5. The molecule has 0 atom stereocenters. The van der Waals surface area contributed by atoms with Gasteiger partial charge in [0.05, 0.1) is 0 Å². The van der Waals surface area contributed by atoms with Gasteiger partial charge in [0.1, 0.15) is 0 Å². The molecule has 2 amide bonds. The van der Waals surface area contributed by atoms with Crippen molar-refractivity contribution in [2.45, 2.75) is 45.2 Å². The van der Waals surface area contributed by atoms with Crippen molar-refractivity contribution in [3.8, 4) is 0 Å². The van der Waals surface area contributed by atoms with E-state index in [0.29, 0.717) is 6.04 Å². The largest absolute Gasteiger partial charge is 0.321 e. The predicted molar refractivity (Wildman–Crippen MR) is 110 cm³/mol. The van der Waals surface area contributed by atoms with E-state index in [1.807, 2.05) is 17.0 Å². The number of amides is 2. The summed E-state index contributed by atoms with van der Waals surface area (Å²) in [5.41, 5.74) is 5.17. The quantitative estimate of drug-likeness (QED) is 0.865. The highest BCUT2D eigenvalue weighted by Crippen LogP contribution is 2.26. The molecule has 1 N–H and O–H groups in total. The fraction of sp³-hybridized carbons (Fsp3) is 0.435. The van der Waals surface area contributed by atoms with Gasteiger partial charge < -0.3 is 10.2 Å². The van der Waals surface area contributed by atoms with Gasteiger partial charge >= 0.3 is 6.03 Å². The van der Waals surface area contributed by atoms with Crippen LogP contribution in [-0.2, 0) is 18.4 Å². The Morgan fingerprint density at radius 3 is 2.33 bits per heavy atom. The summed E-state index contributed by atoms with van der Waals surface area (Å²) < 4.78 is 0. The molecule has 2 aliphatic rings. The number of likely N-dealkylation sites (tertiary alicyclic amines) is 1. The van der Waals surface area contributed by atoms with Gasteiger partial charge in [-0.05, 0) is 40.7 Å². The van der Waals surface area contributed by atoms with Crippen molar-refractivity contribution in [2.24, 2.45) is 0 Å². The van der Waals surface area contributed by atoms with Crippen LogP contribution in [0.3, 0.4) is 0 Å². The van der Waals surface area contributed by atoms with E-state index in [4.69, 9.17) is 0 Å². The smallest absolute Gasteiger partial charge is 0.321 e. The van der Waals surface area contributed by atoms with Gasteiger partial charge in [0.2, 0.25) is 0 Å². The fourth-order valence-corrected chi connectivity index (χ4v) is 3.94. The van der Waals surface area contributed by atoms with Gasteiger partial charge in [0.15, 0.2) is 0 Å². The van der Waals surface area contributed by atoms with Crippen molar-refractivity contribution >= 4 is 11.7 Å². The van der Waals surface area contributed by atoms with E-state index in [2.05, 4.69) is 67.4 Å². The predicted octanol–water partition coefficient (Wildman–Crippen LogP) is 4.26. The van der Waals surface area contributed by atoms with Crippen LogP contribution in [0.2, 0.25) is 0 Å². The molecule has 0 aliphatic carbocycles. The Kier molecular flexibility index (Phi) is 4.68. The molecular formula is C23H29N3O. The molecule has 0 unspecified atom stereocenters. The Balaban J connectivity index is 1.29. The number of nitrogens with one attached hydrogen (secondary N) is 1. The zero-order chi connectivity index (χ0) is 19.0. The van der Waals surface area contributed by atoms with Crippen molar-refractivity contribution in [2.75, 3.05) is 25.0 Å². The topological polar surface area (TPSA) is 35.6 Å². The summed E-state index contributed by atoms with van der Waals surface area (Å²) in [5, 5.41) is 3.03. The third-order valence-corrected chi connectivity index (χ3v) is 5.83. The van der Waals surface area contributed by atoms with Crippen LogP contribution in [0.4, 0.5) is 10.5 Å². The summed E-state index contributed by atoms with van der Waals surface area (Å²) in [6, 6.07) is 17.4. The van der Waals surface area contributed by atoms with E-state index in [9.17, 15) is 4.79 Å². The van der Waals surface area contributed by atoms with Crippen molar-refractivity contribution in [1.82, 2.24) is 9.80 Å². The average Bonchev–Trinajstić information content (AvgIpc) is 2.60. The molecule has 27 heavy (non-hydrogen) atoms. The standard InChI is InChI=1S/C23H29N3O/c1-23(2,3)19-8-10-20(11-9-19)24-22(27)26-15-21(16-26)25-13-12-17-6-4-5-7-18(17)14-25/h4-11,21H,12-16H2,1-3H3,(H,24,27). The first-order chi connectivity index (χ1) is 12.9. The number of benzene rings is 2.